The van der Waals surface area contributed by atoms with Crippen molar-refractivity contribution in [1.29, 1.82) is 0 Å². The molecule has 0 N–H and O–H groups in total. The number of aryl methyl sites for hydroxylation is 3. The smallest absolute Gasteiger partial charge is 0.227 e. The molecule has 4 rings (SSSR count). The van der Waals surface area contributed by atoms with Gasteiger partial charge in [0.15, 0.2) is 0 Å². The molecule has 6 nitrogen and oxygen atoms in total. The highest BCUT2D eigenvalue weighted by atomic mass is 32.1. The molecule has 0 atom stereocenters. The Kier molecular flexibility index (Phi) is 6.92. The van der Waals surface area contributed by atoms with Gasteiger partial charge in [0.1, 0.15) is 0 Å². The van der Waals surface area contributed by atoms with E-state index in [2.05, 4.69) is 50.9 Å². The van der Waals surface area contributed by atoms with Gasteiger partial charge in [-0.05, 0) is 48.7 Å². The van der Waals surface area contributed by atoms with Crippen LogP contribution >= 0.6 is 11.3 Å². The minimum atomic E-state index is 0.273. The highest BCUT2D eigenvalue weighted by Crippen LogP contribution is 2.17. The summed E-state index contributed by atoms with van der Waals surface area (Å²) in [6.45, 7) is 6.55. The van der Waals surface area contributed by atoms with Crippen LogP contribution in [0.4, 0.5) is 0 Å². The molecule has 1 aliphatic heterocycles. The van der Waals surface area contributed by atoms with Gasteiger partial charge in [0.2, 0.25) is 17.6 Å². The highest BCUT2D eigenvalue weighted by Gasteiger charge is 2.20. The fourth-order valence-electron chi connectivity index (χ4n) is 3.70. The van der Waals surface area contributed by atoms with E-state index in [4.69, 9.17) is 4.52 Å². The second kappa shape index (κ2) is 10.00. The lowest BCUT2D eigenvalue weighted by atomic mass is 10.1. The fourth-order valence-corrected chi connectivity index (χ4v) is 4.40. The Balaban J connectivity index is 1.16. The number of thiophene rings is 1. The number of amides is 1. The molecule has 1 fully saturated rings. The first kappa shape index (κ1) is 20.8. The zero-order valence-corrected chi connectivity index (χ0v) is 18.2. The molecule has 1 saturated heterocycles. The molecule has 0 saturated carbocycles. The van der Waals surface area contributed by atoms with Crippen LogP contribution in [0.25, 0.3) is 11.4 Å². The molecule has 7 heteroatoms. The van der Waals surface area contributed by atoms with Crippen molar-refractivity contribution in [2.75, 3.05) is 32.7 Å². The van der Waals surface area contributed by atoms with Gasteiger partial charge in [-0.1, -0.05) is 35.0 Å². The van der Waals surface area contributed by atoms with Crippen molar-refractivity contribution in [3.63, 3.8) is 0 Å². The highest BCUT2D eigenvalue weighted by molar-refractivity contribution is 7.07. The van der Waals surface area contributed by atoms with Crippen molar-refractivity contribution in [1.82, 2.24) is 19.9 Å². The van der Waals surface area contributed by atoms with Crippen LogP contribution in [0.15, 0.2) is 45.6 Å². The molecule has 2 aromatic heterocycles. The Bertz CT molecular complexity index is 929. The van der Waals surface area contributed by atoms with Crippen molar-refractivity contribution in [3.8, 4) is 11.4 Å². The summed E-state index contributed by atoms with van der Waals surface area (Å²) in [6.07, 6.45) is 3.20. The van der Waals surface area contributed by atoms with E-state index < -0.39 is 0 Å². The summed E-state index contributed by atoms with van der Waals surface area (Å²) in [4.78, 5) is 21.4. The first-order valence-electron chi connectivity index (χ1n) is 10.6. The molecule has 0 radical (unpaired) electrons. The third kappa shape index (κ3) is 5.55. The maximum atomic E-state index is 12.4. The van der Waals surface area contributed by atoms with Gasteiger partial charge in [0.05, 0.1) is 0 Å². The molecular weight excluding hydrogens is 396 g/mol. The van der Waals surface area contributed by atoms with Gasteiger partial charge in [0.25, 0.3) is 0 Å². The third-order valence-corrected chi connectivity index (χ3v) is 6.31. The lowest BCUT2D eigenvalue weighted by molar-refractivity contribution is -0.132. The Morgan fingerprint density at radius 1 is 1.10 bits per heavy atom. The van der Waals surface area contributed by atoms with E-state index in [1.807, 2.05) is 17.0 Å². The van der Waals surface area contributed by atoms with Gasteiger partial charge < -0.3 is 9.42 Å². The number of aromatic nitrogens is 2. The SMILES string of the molecule is Cc1ccc(-c2noc(CCCN3CCN(C(=O)CCc4ccsc4)CC3)n2)cc1. The van der Waals surface area contributed by atoms with Gasteiger partial charge in [-0.3, -0.25) is 9.69 Å². The van der Waals surface area contributed by atoms with Gasteiger partial charge in [-0.2, -0.15) is 16.3 Å². The third-order valence-electron chi connectivity index (χ3n) is 5.58. The van der Waals surface area contributed by atoms with E-state index in [1.165, 1.54) is 11.1 Å². The normalized spacial score (nSPS) is 14.9. The zero-order chi connectivity index (χ0) is 20.8. The molecule has 1 aliphatic rings. The monoisotopic (exact) mass is 424 g/mol. The molecule has 0 aliphatic carbocycles. The van der Waals surface area contributed by atoms with Gasteiger partial charge >= 0.3 is 0 Å². The minimum Gasteiger partial charge on any atom is -0.340 e. The van der Waals surface area contributed by atoms with Crippen molar-refractivity contribution in [3.05, 3.63) is 58.1 Å². The summed E-state index contributed by atoms with van der Waals surface area (Å²) < 4.78 is 5.41. The largest absolute Gasteiger partial charge is 0.340 e. The summed E-state index contributed by atoms with van der Waals surface area (Å²) >= 11 is 1.69. The molecule has 0 unspecified atom stereocenters. The number of hydrogen-bond acceptors (Lipinski definition) is 6. The van der Waals surface area contributed by atoms with E-state index in [9.17, 15) is 4.79 Å². The van der Waals surface area contributed by atoms with Gasteiger partial charge in [0, 0.05) is 44.6 Å². The van der Waals surface area contributed by atoms with E-state index >= 15 is 0 Å². The lowest BCUT2D eigenvalue weighted by Crippen LogP contribution is -2.48. The van der Waals surface area contributed by atoms with Crippen molar-refractivity contribution >= 4 is 17.2 Å². The van der Waals surface area contributed by atoms with Crippen LogP contribution in [-0.4, -0.2) is 58.6 Å². The van der Waals surface area contributed by atoms with Crippen LogP contribution in [0.1, 0.15) is 29.9 Å². The van der Waals surface area contributed by atoms with Crippen LogP contribution in [0.5, 0.6) is 0 Å². The van der Waals surface area contributed by atoms with E-state index in [-0.39, 0.29) is 5.91 Å². The first-order chi connectivity index (χ1) is 14.7. The Labute approximate surface area is 181 Å². The molecular formula is C23H28N4O2S. The summed E-state index contributed by atoms with van der Waals surface area (Å²) in [5.74, 6) is 1.61. The van der Waals surface area contributed by atoms with Crippen molar-refractivity contribution in [2.45, 2.75) is 32.6 Å². The van der Waals surface area contributed by atoms with Gasteiger partial charge in [-0.25, -0.2) is 0 Å². The zero-order valence-electron chi connectivity index (χ0n) is 17.4. The second-order valence-corrected chi connectivity index (χ2v) is 8.62. The predicted octanol–water partition coefficient (Wildman–Crippen LogP) is 3.82. The van der Waals surface area contributed by atoms with Crippen LogP contribution < -0.4 is 0 Å². The second-order valence-electron chi connectivity index (χ2n) is 7.84. The standard InChI is InChI=1S/C23H28N4O2S/c1-18-4-7-20(8-5-18)23-24-21(29-25-23)3-2-11-26-12-14-27(15-13-26)22(28)9-6-19-10-16-30-17-19/h4-5,7-8,10,16-17H,2-3,6,9,11-15H2,1H3. The fraction of sp³-hybridized carbons (Fsp3) is 0.435. The summed E-state index contributed by atoms with van der Waals surface area (Å²) in [7, 11) is 0. The van der Waals surface area contributed by atoms with Crippen molar-refractivity contribution < 1.29 is 9.32 Å². The lowest BCUT2D eigenvalue weighted by Gasteiger charge is -2.34. The summed E-state index contributed by atoms with van der Waals surface area (Å²) in [6, 6.07) is 10.2. The molecule has 0 bridgehead atoms. The average Bonchev–Trinajstić information content (AvgIpc) is 3.45. The van der Waals surface area contributed by atoms with E-state index in [0.29, 0.717) is 18.1 Å². The quantitative estimate of drug-likeness (QED) is 0.550. The maximum absolute atomic E-state index is 12.4. The average molecular weight is 425 g/mol. The van der Waals surface area contributed by atoms with Crippen LogP contribution in [0, 0.1) is 6.92 Å². The molecule has 1 amide bonds. The number of carbonyl (C=O) groups excluding carboxylic acids is 1. The number of rotatable bonds is 8. The van der Waals surface area contributed by atoms with Crippen LogP contribution in [-0.2, 0) is 17.6 Å². The Morgan fingerprint density at radius 3 is 2.63 bits per heavy atom. The number of carbonyl (C=O) groups is 1. The summed E-state index contributed by atoms with van der Waals surface area (Å²) in [5, 5.41) is 8.29. The number of piperazine rings is 1. The topological polar surface area (TPSA) is 62.5 Å². The molecule has 0 spiro atoms. The molecule has 30 heavy (non-hydrogen) atoms. The molecule has 158 valence electrons. The molecule has 3 heterocycles. The number of nitrogens with zero attached hydrogens (tertiary/aromatic N) is 4. The van der Waals surface area contributed by atoms with Crippen LogP contribution in [0.3, 0.4) is 0 Å². The van der Waals surface area contributed by atoms with Crippen molar-refractivity contribution in [2.24, 2.45) is 0 Å². The summed E-state index contributed by atoms with van der Waals surface area (Å²) in [5.41, 5.74) is 3.46. The minimum absolute atomic E-state index is 0.273. The predicted molar refractivity (Wildman–Crippen MR) is 118 cm³/mol. The Hall–Kier alpha value is -2.51. The van der Waals surface area contributed by atoms with Crippen LogP contribution in [0.2, 0.25) is 0 Å². The van der Waals surface area contributed by atoms with E-state index in [0.717, 1.165) is 57.5 Å². The number of hydrogen-bond donors (Lipinski definition) is 0. The Morgan fingerprint density at radius 2 is 1.90 bits per heavy atom. The van der Waals surface area contributed by atoms with Gasteiger partial charge in [-0.15, -0.1) is 0 Å². The molecule has 3 aromatic rings. The molecule has 1 aromatic carbocycles. The number of benzene rings is 1. The maximum Gasteiger partial charge on any atom is 0.227 e. The van der Waals surface area contributed by atoms with E-state index in [1.54, 1.807) is 11.3 Å². The first-order valence-corrected chi connectivity index (χ1v) is 11.5.